The van der Waals surface area contributed by atoms with Crippen LogP contribution in [-0.4, -0.2) is 4.98 Å². The minimum Gasteiger partial charge on any atom is -0.251 e. The molecule has 1 heterocycles. The van der Waals surface area contributed by atoms with Crippen molar-refractivity contribution in [2.24, 2.45) is 0 Å². The third-order valence-corrected chi connectivity index (χ3v) is 3.06. The van der Waals surface area contributed by atoms with Crippen LogP contribution in [0.3, 0.4) is 0 Å². The summed E-state index contributed by atoms with van der Waals surface area (Å²) < 4.78 is 25.2. The van der Waals surface area contributed by atoms with Crippen LogP contribution < -0.4 is 0 Å². The summed E-state index contributed by atoms with van der Waals surface area (Å²) in [5.74, 6) is 0. The van der Waals surface area contributed by atoms with Gasteiger partial charge in [-0.1, -0.05) is 15.9 Å². The molecule has 0 aliphatic carbocycles. The standard InChI is InChI=1S/C8H7Br2F2N/c1-4-2-5(3-9)6(10)7(13-4)8(11)12/h2,8H,3H2,1H3. The molecule has 0 aliphatic rings. The van der Waals surface area contributed by atoms with E-state index in [9.17, 15) is 8.78 Å². The number of rotatable bonds is 2. The summed E-state index contributed by atoms with van der Waals surface area (Å²) in [6.07, 6.45) is -2.54. The minimum absolute atomic E-state index is 0.186. The fourth-order valence-electron chi connectivity index (χ4n) is 0.993. The molecular weight excluding hydrogens is 308 g/mol. The maximum Gasteiger partial charge on any atom is 0.281 e. The van der Waals surface area contributed by atoms with Crippen LogP contribution in [0.1, 0.15) is 23.4 Å². The first-order valence-electron chi connectivity index (χ1n) is 3.56. The molecule has 0 atom stereocenters. The zero-order valence-corrected chi connectivity index (χ0v) is 9.99. The lowest BCUT2D eigenvalue weighted by Crippen LogP contribution is -1.97. The normalized spacial score (nSPS) is 10.9. The number of hydrogen-bond acceptors (Lipinski definition) is 1. The van der Waals surface area contributed by atoms with Crippen molar-refractivity contribution in [2.75, 3.05) is 0 Å². The Labute approximate surface area is 91.8 Å². The summed E-state index contributed by atoms with van der Waals surface area (Å²) >= 11 is 6.33. The van der Waals surface area contributed by atoms with Crippen LogP contribution in [0.15, 0.2) is 10.5 Å². The molecule has 72 valence electrons. The molecule has 0 unspecified atom stereocenters. The fraction of sp³-hybridized carbons (Fsp3) is 0.375. The Hall–Kier alpha value is -0.0300. The molecular formula is C8H7Br2F2N. The van der Waals surface area contributed by atoms with Crippen molar-refractivity contribution in [3.63, 3.8) is 0 Å². The van der Waals surface area contributed by atoms with E-state index < -0.39 is 6.43 Å². The predicted molar refractivity (Wildman–Crippen MR) is 54.3 cm³/mol. The summed E-state index contributed by atoms with van der Waals surface area (Å²) in [5, 5.41) is 0.538. The number of pyridine rings is 1. The Balaban J connectivity index is 3.27. The van der Waals surface area contributed by atoms with Crippen molar-refractivity contribution in [3.05, 3.63) is 27.5 Å². The Kier molecular flexibility index (Phi) is 3.79. The van der Waals surface area contributed by atoms with Crippen molar-refractivity contribution in [3.8, 4) is 0 Å². The quantitative estimate of drug-likeness (QED) is 0.752. The van der Waals surface area contributed by atoms with E-state index in [4.69, 9.17) is 0 Å². The monoisotopic (exact) mass is 313 g/mol. The summed E-state index contributed by atoms with van der Waals surface area (Å²) in [6.45, 7) is 1.70. The lowest BCUT2D eigenvalue weighted by Gasteiger charge is -2.07. The lowest BCUT2D eigenvalue weighted by atomic mass is 10.2. The van der Waals surface area contributed by atoms with E-state index in [2.05, 4.69) is 36.8 Å². The fourth-order valence-corrected chi connectivity index (χ4v) is 2.33. The molecule has 0 spiro atoms. The summed E-state index contributed by atoms with van der Waals surface area (Å²) in [4.78, 5) is 3.76. The van der Waals surface area contributed by atoms with Crippen LogP contribution in [-0.2, 0) is 5.33 Å². The van der Waals surface area contributed by atoms with Gasteiger partial charge in [-0.2, -0.15) is 0 Å². The highest BCUT2D eigenvalue weighted by atomic mass is 79.9. The number of aryl methyl sites for hydroxylation is 1. The van der Waals surface area contributed by atoms with E-state index in [-0.39, 0.29) is 5.69 Å². The molecule has 5 heteroatoms. The van der Waals surface area contributed by atoms with Crippen LogP contribution in [0.2, 0.25) is 0 Å². The molecule has 13 heavy (non-hydrogen) atoms. The molecule has 0 aliphatic heterocycles. The van der Waals surface area contributed by atoms with Gasteiger partial charge in [0.15, 0.2) is 0 Å². The van der Waals surface area contributed by atoms with Gasteiger partial charge in [-0.15, -0.1) is 0 Å². The Bertz CT molecular complexity index is 315. The number of nitrogens with zero attached hydrogens (tertiary/aromatic N) is 1. The van der Waals surface area contributed by atoms with Crippen molar-refractivity contribution < 1.29 is 8.78 Å². The Morgan fingerprint density at radius 3 is 2.62 bits per heavy atom. The van der Waals surface area contributed by atoms with Gasteiger partial charge in [0, 0.05) is 15.5 Å². The average molecular weight is 315 g/mol. The van der Waals surface area contributed by atoms with E-state index in [1.807, 2.05) is 0 Å². The van der Waals surface area contributed by atoms with Crippen LogP contribution in [0.4, 0.5) is 8.78 Å². The molecule has 1 aromatic rings. The van der Waals surface area contributed by atoms with Crippen LogP contribution in [0.5, 0.6) is 0 Å². The van der Waals surface area contributed by atoms with Gasteiger partial charge in [0.1, 0.15) is 5.69 Å². The minimum atomic E-state index is -2.54. The van der Waals surface area contributed by atoms with E-state index >= 15 is 0 Å². The highest BCUT2D eigenvalue weighted by Gasteiger charge is 2.16. The molecule has 0 bridgehead atoms. The van der Waals surface area contributed by atoms with Crippen molar-refractivity contribution in [1.29, 1.82) is 0 Å². The van der Waals surface area contributed by atoms with Crippen molar-refractivity contribution in [1.82, 2.24) is 4.98 Å². The smallest absolute Gasteiger partial charge is 0.251 e. The van der Waals surface area contributed by atoms with E-state index in [0.717, 1.165) is 5.56 Å². The topological polar surface area (TPSA) is 12.9 Å². The molecule has 0 saturated carbocycles. The molecule has 1 rings (SSSR count). The second-order valence-electron chi connectivity index (χ2n) is 2.56. The first-order chi connectivity index (χ1) is 6.06. The first-order valence-corrected chi connectivity index (χ1v) is 5.47. The Morgan fingerprint density at radius 1 is 1.54 bits per heavy atom. The maximum atomic E-state index is 12.4. The maximum absolute atomic E-state index is 12.4. The molecule has 0 amide bonds. The molecule has 1 aromatic heterocycles. The molecule has 0 aromatic carbocycles. The Morgan fingerprint density at radius 2 is 2.15 bits per heavy atom. The van der Waals surface area contributed by atoms with Crippen molar-refractivity contribution in [2.45, 2.75) is 18.7 Å². The molecule has 0 radical (unpaired) electrons. The zero-order chi connectivity index (χ0) is 10.0. The highest BCUT2D eigenvalue weighted by molar-refractivity contribution is 9.10. The van der Waals surface area contributed by atoms with Crippen molar-refractivity contribution >= 4 is 31.9 Å². The van der Waals surface area contributed by atoms with E-state index in [1.165, 1.54) is 0 Å². The highest BCUT2D eigenvalue weighted by Crippen LogP contribution is 2.30. The lowest BCUT2D eigenvalue weighted by molar-refractivity contribution is 0.145. The van der Waals surface area contributed by atoms with Crippen LogP contribution in [0, 0.1) is 6.92 Å². The predicted octanol–water partition coefficient (Wildman–Crippen LogP) is 3.99. The summed E-state index contributed by atoms with van der Waals surface area (Å²) in [6, 6.07) is 1.77. The SMILES string of the molecule is Cc1cc(CBr)c(Br)c(C(F)F)n1. The number of halogens is 4. The van der Waals surface area contributed by atoms with Crippen LogP contribution in [0.25, 0.3) is 0 Å². The van der Waals surface area contributed by atoms with Gasteiger partial charge in [-0.3, -0.25) is 4.98 Å². The largest absolute Gasteiger partial charge is 0.281 e. The van der Waals surface area contributed by atoms with Gasteiger partial charge in [0.25, 0.3) is 6.43 Å². The molecule has 1 nitrogen and oxygen atoms in total. The molecule has 0 N–H and O–H groups in total. The number of hydrogen-bond donors (Lipinski definition) is 0. The molecule has 0 fully saturated rings. The third kappa shape index (κ3) is 2.47. The molecule has 0 saturated heterocycles. The second kappa shape index (κ2) is 4.46. The van der Waals surface area contributed by atoms with Gasteiger partial charge < -0.3 is 0 Å². The van der Waals surface area contributed by atoms with Gasteiger partial charge in [0.2, 0.25) is 0 Å². The third-order valence-electron chi connectivity index (χ3n) is 1.54. The average Bonchev–Trinajstić information content (AvgIpc) is 2.08. The summed E-state index contributed by atoms with van der Waals surface area (Å²) in [7, 11) is 0. The van der Waals surface area contributed by atoms with E-state index in [0.29, 0.717) is 15.5 Å². The number of alkyl halides is 3. The van der Waals surface area contributed by atoms with Gasteiger partial charge >= 0.3 is 0 Å². The first kappa shape index (κ1) is 11.0. The van der Waals surface area contributed by atoms with Gasteiger partial charge in [-0.05, 0) is 34.5 Å². The zero-order valence-electron chi connectivity index (χ0n) is 6.82. The number of aromatic nitrogens is 1. The second-order valence-corrected chi connectivity index (χ2v) is 3.91. The summed E-state index contributed by atoms with van der Waals surface area (Å²) in [5.41, 5.74) is 1.21. The van der Waals surface area contributed by atoms with E-state index in [1.54, 1.807) is 13.0 Å². The van der Waals surface area contributed by atoms with Gasteiger partial charge in [0.05, 0.1) is 0 Å². The van der Waals surface area contributed by atoms with Gasteiger partial charge in [-0.25, -0.2) is 8.78 Å². The van der Waals surface area contributed by atoms with Crippen LogP contribution >= 0.6 is 31.9 Å².